The van der Waals surface area contributed by atoms with E-state index in [1.54, 1.807) is 5.32 Å². The molecule has 9 heteroatoms. The van der Waals surface area contributed by atoms with Crippen LogP contribution in [0, 0.1) is 0 Å². The SMILES string of the molecule is NC(=O)NC(=O)Cn1c(C(F)(F)F)nc2ccccc21. The van der Waals surface area contributed by atoms with E-state index in [9.17, 15) is 22.8 Å². The van der Waals surface area contributed by atoms with Gasteiger partial charge in [0, 0.05) is 0 Å². The normalized spacial score (nSPS) is 11.6. The van der Waals surface area contributed by atoms with Crippen LogP contribution in [-0.4, -0.2) is 21.5 Å². The molecular weight excluding hydrogens is 277 g/mol. The van der Waals surface area contributed by atoms with Crippen molar-refractivity contribution in [2.75, 3.05) is 0 Å². The minimum Gasteiger partial charge on any atom is -0.351 e. The van der Waals surface area contributed by atoms with Crippen LogP contribution in [0.1, 0.15) is 5.82 Å². The summed E-state index contributed by atoms with van der Waals surface area (Å²) < 4.78 is 39.4. The zero-order valence-electron chi connectivity index (χ0n) is 9.94. The average molecular weight is 286 g/mol. The number of hydrogen-bond donors (Lipinski definition) is 2. The number of para-hydroxylation sites is 2. The van der Waals surface area contributed by atoms with E-state index in [1.165, 1.54) is 24.3 Å². The van der Waals surface area contributed by atoms with Crippen molar-refractivity contribution in [1.82, 2.24) is 14.9 Å². The Hall–Kier alpha value is -2.58. The van der Waals surface area contributed by atoms with Crippen molar-refractivity contribution >= 4 is 23.0 Å². The number of amides is 3. The van der Waals surface area contributed by atoms with E-state index in [1.807, 2.05) is 0 Å². The Kier molecular flexibility index (Phi) is 3.35. The van der Waals surface area contributed by atoms with Crippen molar-refractivity contribution in [1.29, 1.82) is 0 Å². The van der Waals surface area contributed by atoms with Gasteiger partial charge in [-0.25, -0.2) is 9.78 Å². The maximum atomic E-state index is 12.9. The number of hydrogen-bond acceptors (Lipinski definition) is 3. The molecule has 0 radical (unpaired) electrons. The van der Waals surface area contributed by atoms with Crippen molar-refractivity contribution in [2.45, 2.75) is 12.7 Å². The highest BCUT2D eigenvalue weighted by Gasteiger charge is 2.38. The quantitative estimate of drug-likeness (QED) is 0.870. The summed E-state index contributed by atoms with van der Waals surface area (Å²) in [5.41, 5.74) is 4.98. The predicted octanol–water partition coefficient (Wildman–Crippen LogP) is 1.25. The number of imide groups is 1. The molecule has 0 saturated heterocycles. The van der Waals surface area contributed by atoms with E-state index in [2.05, 4.69) is 4.98 Å². The van der Waals surface area contributed by atoms with E-state index in [0.29, 0.717) is 4.57 Å². The van der Waals surface area contributed by atoms with E-state index in [-0.39, 0.29) is 11.0 Å². The van der Waals surface area contributed by atoms with Crippen LogP contribution in [0.15, 0.2) is 24.3 Å². The molecule has 3 amide bonds. The lowest BCUT2D eigenvalue weighted by Gasteiger charge is -2.10. The molecule has 106 valence electrons. The molecule has 2 aromatic rings. The van der Waals surface area contributed by atoms with Gasteiger partial charge in [0.05, 0.1) is 11.0 Å². The summed E-state index contributed by atoms with van der Waals surface area (Å²) in [6, 6.07) is 4.71. The topological polar surface area (TPSA) is 90.0 Å². The van der Waals surface area contributed by atoms with E-state index < -0.39 is 30.5 Å². The first-order valence-electron chi connectivity index (χ1n) is 5.41. The third-order valence-corrected chi connectivity index (χ3v) is 2.47. The van der Waals surface area contributed by atoms with Crippen molar-refractivity contribution in [3.05, 3.63) is 30.1 Å². The van der Waals surface area contributed by atoms with Crippen LogP contribution in [0.3, 0.4) is 0 Å². The third kappa shape index (κ3) is 2.71. The molecular formula is C11H9F3N4O2. The Balaban J connectivity index is 2.49. The standard InChI is InChI=1S/C11H9F3N4O2/c12-11(13,14)9-16-6-3-1-2-4-7(6)18(9)5-8(19)17-10(15)20/h1-4H,5H2,(H3,15,17,19,20). The first-order chi connectivity index (χ1) is 9.29. The molecule has 0 aliphatic carbocycles. The molecule has 6 nitrogen and oxygen atoms in total. The number of nitrogens with zero attached hydrogens (tertiary/aromatic N) is 2. The fourth-order valence-corrected chi connectivity index (χ4v) is 1.77. The summed E-state index contributed by atoms with van der Waals surface area (Å²) in [5.74, 6) is -2.16. The highest BCUT2D eigenvalue weighted by Crippen LogP contribution is 2.31. The van der Waals surface area contributed by atoms with Gasteiger partial charge >= 0.3 is 12.2 Å². The van der Waals surface area contributed by atoms with Gasteiger partial charge in [0.1, 0.15) is 6.54 Å². The second-order valence-corrected chi connectivity index (χ2v) is 3.92. The number of fused-ring (bicyclic) bond motifs is 1. The van der Waals surface area contributed by atoms with Gasteiger partial charge in [0.25, 0.3) is 0 Å². The van der Waals surface area contributed by atoms with Gasteiger partial charge in [-0.15, -0.1) is 0 Å². The molecule has 0 aliphatic heterocycles. The fraction of sp³-hybridized carbons (Fsp3) is 0.182. The van der Waals surface area contributed by atoms with Gasteiger partial charge in [0.15, 0.2) is 0 Å². The maximum absolute atomic E-state index is 12.9. The zero-order valence-corrected chi connectivity index (χ0v) is 9.94. The Morgan fingerprint density at radius 3 is 2.55 bits per heavy atom. The average Bonchev–Trinajstić information content (AvgIpc) is 2.67. The molecule has 2 rings (SSSR count). The number of primary amides is 1. The van der Waals surface area contributed by atoms with Gasteiger partial charge in [0.2, 0.25) is 11.7 Å². The minimum atomic E-state index is -4.72. The molecule has 1 heterocycles. The Labute approximate surface area is 110 Å². The van der Waals surface area contributed by atoms with Crippen LogP contribution < -0.4 is 11.1 Å². The molecule has 0 atom stereocenters. The number of alkyl halides is 3. The second-order valence-electron chi connectivity index (χ2n) is 3.92. The Bertz CT molecular complexity index is 678. The molecule has 0 spiro atoms. The molecule has 0 saturated carbocycles. The number of halogens is 3. The number of carbonyl (C=O) groups is 2. The van der Waals surface area contributed by atoms with Crippen LogP contribution in [0.2, 0.25) is 0 Å². The molecule has 1 aromatic carbocycles. The van der Waals surface area contributed by atoms with Crippen LogP contribution in [-0.2, 0) is 17.5 Å². The number of nitrogens with one attached hydrogen (secondary N) is 1. The van der Waals surface area contributed by atoms with E-state index >= 15 is 0 Å². The number of aromatic nitrogens is 2. The number of carbonyl (C=O) groups excluding carboxylic acids is 2. The van der Waals surface area contributed by atoms with Crippen LogP contribution >= 0.6 is 0 Å². The summed E-state index contributed by atoms with van der Waals surface area (Å²) in [6.45, 7) is -0.710. The smallest absolute Gasteiger partial charge is 0.351 e. The van der Waals surface area contributed by atoms with Gasteiger partial charge in [-0.3, -0.25) is 10.1 Å². The molecule has 0 unspecified atom stereocenters. The number of rotatable bonds is 2. The van der Waals surface area contributed by atoms with Crippen molar-refractivity contribution < 1.29 is 22.8 Å². The van der Waals surface area contributed by atoms with Crippen molar-refractivity contribution in [2.24, 2.45) is 5.73 Å². The molecule has 20 heavy (non-hydrogen) atoms. The Morgan fingerprint density at radius 1 is 1.30 bits per heavy atom. The van der Waals surface area contributed by atoms with Gasteiger partial charge < -0.3 is 10.3 Å². The number of imidazole rings is 1. The summed E-state index contributed by atoms with van der Waals surface area (Å²) in [7, 11) is 0. The third-order valence-electron chi connectivity index (χ3n) is 2.47. The van der Waals surface area contributed by atoms with Crippen LogP contribution in [0.4, 0.5) is 18.0 Å². The highest BCUT2D eigenvalue weighted by atomic mass is 19.4. The lowest BCUT2D eigenvalue weighted by atomic mass is 10.3. The summed E-state index contributed by atoms with van der Waals surface area (Å²) in [4.78, 5) is 25.4. The van der Waals surface area contributed by atoms with Crippen LogP contribution in [0.5, 0.6) is 0 Å². The Morgan fingerprint density at radius 2 is 1.95 bits per heavy atom. The molecule has 0 bridgehead atoms. The number of benzene rings is 1. The van der Waals surface area contributed by atoms with Crippen LogP contribution in [0.25, 0.3) is 11.0 Å². The molecule has 0 fully saturated rings. The number of nitrogens with two attached hydrogens (primary N) is 1. The zero-order chi connectivity index (χ0) is 14.9. The summed E-state index contributed by atoms with van der Waals surface area (Å²) >= 11 is 0. The van der Waals surface area contributed by atoms with E-state index in [4.69, 9.17) is 5.73 Å². The van der Waals surface area contributed by atoms with E-state index in [0.717, 1.165) is 0 Å². The maximum Gasteiger partial charge on any atom is 0.449 e. The highest BCUT2D eigenvalue weighted by molar-refractivity contribution is 5.94. The second kappa shape index (κ2) is 4.83. The summed E-state index contributed by atoms with van der Waals surface area (Å²) in [6.07, 6.45) is -4.72. The molecule has 0 aliphatic rings. The fourth-order valence-electron chi connectivity index (χ4n) is 1.77. The predicted molar refractivity (Wildman–Crippen MR) is 62.5 cm³/mol. The van der Waals surface area contributed by atoms with Gasteiger partial charge in [-0.05, 0) is 12.1 Å². The lowest BCUT2D eigenvalue weighted by Crippen LogP contribution is -2.37. The number of urea groups is 1. The molecule has 3 N–H and O–H groups in total. The van der Waals surface area contributed by atoms with Gasteiger partial charge in [-0.2, -0.15) is 13.2 Å². The summed E-state index contributed by atoms with van der Waals surface area (Å²) in [5, 5.41) is 1.71. The molecule has 1 aromatic heterocycles. The van der Waals surface area contributed by atoms with Crippen molar-refractivity contribution in [3.8, 4) is 0 Å². The minimum absolute atomic E-state index is 0.103. The first kappa shape index (κ1) is 13.8. The van der Waals surface area contributed by atoms with Crippen molar-refractivity contribution in [3.63, 3.8) is 0 Å². The first-order valence-corrected chi connectivity index (χ1v) is 5.41. The monoisotopic (exact) mass is 286 g/mol. The lowest BCUT2D eigenvalue weighted by molar-refractivity contribution is -0.147. The largest absolute Gasteiger partial charge is 0.449 e. The van der Waals surface area contributed by atoms with Gasteiger partial charge in [-0.1, -0.05) is 12.1 Å².